The first kappa shape index (κ1) is 19.9. The average molecular weight is 357 g/mol. The molecule has 1 aromatic heterocycles. The molecule has 0 amide bonds. The van der Waals surface area contributed by atoms with Crippen LogP contribution in [0.5, 0.6) is 0 Å². The second-order valence-corrected chi connectivity index (χ2v) is 6.07. The van der Waals surface area contributed by atoms with Crippen LogP contribution in [0.3, 0.4) is 0 Å². The van der Waals surface area contributed by atoms with Gasteiger partial charge in [0.15, 0.2) is 0 Å². The fourth-order valence-corrected chi connectivity index (χ4v) is 3.10. The van der Waals surface area contributed by atoms with E-state index in [-0.39, 0.29) is 40.5 Å². The van der Waals surface area contributed by atoms with Crippen molar-refractivity contribution in [1.29, 1.82) is 0 Å². The molecule has 0 radical (unpaired) electrons. The van der Waals surface area contributed by atoms with Crippen LogP contribution in [0.15, 0.2) is 23.1 Å². The molecule has 1 fully saturated rings. The second kappa shape index (κ2) is 7.86. The van der Waals surface area contributed by atoms with Gasteiger partial charge in [0.2, 0.25) is 5.43 Å². The molecular weight excluding hydrogens is 336 g/mol. The monoisotopic (exact) mass is 357 g/mol. The molecule has 6 nitrogen and oxygen atoms in total. The van der Waals surface area contributed by atoms with Crippen molar-refractivity contribution in [3.8, 4) is 0 Å². The zero-order valence-corrected chi connectivity index (χ0v) is 13.8. The van der Waals surface area contributed by atoms with Crippen LogP contribution in [0.2, 0.25) is 0 Å². The number of hydrogen-bond acceptors (Lipinski definition) is 4. The molecule has 1 aromatic carbocycles. The molecule has 3 rings (SSSR count). The van der Waals surface area contributed by atoms with Crippen molar-refractivity contribution in [2.45, 2.75) is 13.5 Å². The summed E-state index contributed by atoms with van der Waals surface area (Å²) < 4.78 is 16.3. The van der Waals surface area contributed by atoms with Gasteiger partial charge in [-0.1, -0.05) is 0 Å². The van der Waals surface area contributed by atoms with Crippen LogP contribution in [-0.4, -0.2) is 83.3 Å². The molecule has 0 spiro atoms. The van der Waals surface area contributed by atoms with Gasteiger partial charge in [-0.2, -0.15) is 0 Å². The second-order valence-electron chi connectivity index (χ2n) is 6.07. The molecule has 0 aliphatic carbocycles. The van der Waals surface area contributed by atoms with Gasteiger partial charge in [-0.05, 0) is 26.1 Å². The number of carbonyl (C=O) groups is 1. The quantitative estimate of drug-likeness (QED) is 0.829. The summed E-state index contributed by atoms with van der Waals surface area (Å²) in [4.78, 5) is 27.7. The third-order valence-electron chi connectivity index (χ3n) is 4.56. The number of hydrogen-bond donors (Lipinski definition) is 1. The number of aryl methyl sites for hydroxylation is 1. The number of carboxylic acids is 1. The molecule has 1 saturated heterocycles. The number of piperazine rings is 1. The number of aromatic carboxylic acids is 1. The average Bonchev–Trinajstić information content (AvgIpc) is 2.56. The first-order valence-electron chi connectivity index (χ1n) is 7.96. The van der Waals surface area contributed by atoms with Gasteiger partial charge in [-0.25, -0.2) is 9.18 Å². The minimum atomic E-state index is -1.30. The fraction of sp³-hybridized carbons (Fsp3) is 0.412. The van der Waals surface area contributed by atoms with E-state index in [1.165, 1.54) is 12.3 Å². The van der Waals surface area contributed by atoms with Gasteiger partial charge in [0, 0.05) is 44.3 Å². The van der Waals surface area contributed by atoms with Gasteiger partial charge in [0.25, 0.3) is 0 Å². The maximum atomic E-state index is 14.6. The van der Waals surface area contributed by atoms with E-state index in [4.69, 9.17) is 0 Å². The third kappa shape index (κ3) is 3.74. The summed E-state index contributed by atoms with van der Waals surface area (Å²) in [7, 11) is 2.02. The van der Waals surface area contributed by atoms with Crippen LogP contribution in [0, 0.1) is 5.82 Å². The Hall–Kier alpha value is -1.41. The zero-order chi connectivity index (χ0) is 17.4. The first-order chi connectivity index (χ1) is 11.4. The normalized spacial score (nSPS) is 15.2. The van der Waals surface area contributed by atoms with E-state index >= 15 is 0 Å². The number of likely N-dealkylation sites (N-methyl/N-ethyl adjacent to an activating group) is 1. The SMILES string of the molecule is CCn1cc(C(=O)O)c(=O)c2cc(F)c(N3CCN(C)CC3)cc21.[NaH]. The number of nitrogens with zero attached hydrogens (tertiary/aromatic N) is 3. The molecule has 1 aliphatic rings. The Bertz CT molecular complexity index is 860. The molecule has 25 heavy (non-hydrogen) atoms. The van der Waals surface area contributed by atoms with E-state index in [1.807, 2.05) is 18.9 Å². The molecule has 0 atom stereocenters. The van der Waals surface area contributed by atoms with E-state index in [2.05, 4.69) is 4.90 Å². The van der Waals surface area contributed by atoms with E-state index < -0.39 is 17.2 Å². The van der Waals surface area contributed by atoms with Crippen molar-refractivity contribution < 1.29 is 14.3 Å². The fourth-order valence-electron chi connectivity index (χ4n) is 3.10. The molecule has 2 heterocycles. The molecule has 1 N–H and O–H groups in total. The third-order valence-corrected chi connectivity index (χ3v) is 4.56. The van der Waals surface area contributed by atoms with Gasteiger partial charge in [0.1, 0.15) is 11.4 Å². The van der Waals surface area contributed by atoms with Crippen LogP contribution in [-0.2, 0) is 6.54 Å². The predicted octanol–water partition coefficient (Wildman–Crippen LogP) is 0.962. The van der Waals surface area contributed by atoms with E-state index in [0.717, 1.165) is 13.1 Å². The summed E-state index contributed by atoms with van der Waals surface area (Å²) in [5, 5.41) is 9.28. The minimum absolute atomic E-state index is 0. The zero-order valence-electron chi connectivity index (χ0n) is 13.8. The van der Waals surface area contributed by atoms with Gasteiger partial charge >= 0.3 is 35.5 Å². The predicted molar refractivity (Wildman–Crippen MR) is 97.7 cm³/mol. The van der Waals surface area contributed by atoms with Gasteiger partial charge in [-0.3, -0.25) is 4.79 Å². The number of halogens is 1. The number of aromatic nitrogens is 1. The Balaban J connectivity index is 0.00000225. The summed E-state index contributed by atoms with van der Waals surface area (Å²) >= 11 is 0. The number of anilines is 1. The van der Waals surface area contributed by atoms with E-state index in [1.54, 1.807) is 10.6 Å². The van der Waals surface area contributed by atoms with Crippen molar-refractivity contribution in [2.24, 2.45) is 0 Å². The molecule has 1 aliphatic heterocycles. The Morgan fingerprint density at radius 1 is 1.24 bits per heavy atom. The molecule has 8 heteroatoms. The molecule has 0 saturated carbocycles. The Morgan fingerprint density at radius 2 is 1.88 bits per heavy atom. The van der Waals surface area contributed by atoms with Crippen molar-refractivity contribution >= 4 is 52.1 Å². The Labute approximate surface area is 167 Å². The van der Waals surface area contributed by atoms with Crippen LogP contribution in [0.25, 0.3) is 10.9 Å². The first-order valence-corrected chi connectivity index (χ1v) is 7.96. The maximum absolute atomic E-state index is 14.6. The molecule has 2 aromatic rings. The molecular formula is C17H21FN3NaO3. The summed E-state index contributed by atoms with van der Waals surface area (Å²) in [5.41, 5.74) is 0.0326. The molecule has 130 valence electrons. The molecule has 0 bridgehead atoms. The van der Waals surface area contributed by atoms with Crippen LogP contribution >= 0.6 is 0 Å². The standard InChI is InChI=1S/C17H20FN3O3.Na.H/c1-3-20-10-12(17(23)24)16(22)11-8-13(18)15(9-14(11)20)21-6-4-19(2)5-7-21;;/h8-10H,3-7H2,1-2H3,(H,23,24);;. The Morgan fingerprint density at radius 3 is 2.44 bits per heavy atom. The van der Waals surface area contributed by atoms with Crippen LogP contribution < -0.4 is 10.3 Å². The number of pyridine rings is 1. The van der Waals surface area contributed by atoms with Crippen LogP contribution in [0.1, 0.15) is 17.3 Å². The van der Waals surface area contributed by atoms with Crippen molar-refractivity contribution in [3.63, 3.8) is 0 Å². The summed E-state index contributed by atoms with van der Waals surface area (Å²) in [6.07, 6.45) is 1.33. The number of rotatable bonds is 3. The van der Waals surface area contributed by atoms with E-state index in [0.29, 0.717) is 30.8 Å². The number of fused-ring (bicyclic) bond motifs is 1. The van der Waals surface area contributed by atoms with Gasteiger partial charge in [-0.15, -0.1) is 0 Å². The Kier molecular flexibility index (Phi) is 6.26. The topological polar surface area (TPSA) is 65.8 Å². The van der Waals surface area contributed by atoms with E-state index in [9.17, 15) is 19.1 Å². The van der Waals surface area contributed by atoms with Crippen molar-refractivity contribution in [3.05, 3.63) is 39.9 Å². The van der Waals surface area contributed by atoms with Gasteiger partial charge < -0.3 is 19.5 Å². The number of benzene rings is 1. The van der Waals surface area contributed by atoms with Gasteiger partial charge in [0.05, 0.1) is 11.2 Å². The summed E-state index contributed by atoms with van der Waals surface area (Å²) in [6.45, 7) is 5.45. The van der Waals surface area contributed by atoms with Crippen molar-refractivity contribution in [2.75, 3.05) is 38.1 Å². The summed E-state index contributed by atoms with van der Waals surface area (Å²) in [5.74, 6) is -1.79. The van der Waals surface area contributed by atoms with Crippen molar-refractivity contribution in [1.82, 2.24) is 9.47 Å². The van der Waals surface area contributed by atoms with Crippen LogP contribution in [0.4, 0.5) is 10.1 Å². The number of carboxylic acid groups (broad SMARTS) is 1. The molecule has 0 unspecified atom stereocenters. The summed E-state index contributed by atoms with van der Waals surface area (Å²) in [6, 6.07) is 2.83.